The molecule has 0 spiro atoms. The summed E-state index contributed by atoms with van der Waals surface area (Å²) in [4.78, 5) is 39.9. The van der Waals surface area contributed by atoms with Crippen molar-refractivity contribution < 1.29 is 23.9 Å². The van der Waals surface area contributed by atoms with Gasteiger partial charge in [-0.15, -0.1) is 0 Å². The molecule has 2 fully saturated rings. The summed E-state index contributed by atoms with van der Waals surface area (Å²) in [5.74, 6) is 0.0630. The predicted molar refractivity (Wildman–Crippen MR) is 136 cm³/mol. The van der Waals surface area contributed by atoms with Crippen LogP contribution in [0.2, 0.25) is 0 Å². The van der Waals surface area contributed by atoms with Crippen LogP contribution < -0.4 is 20.7 Å². The summed E-state index contributed by atoms with van der Waals surface area (Å²) in [5, 5.41) is 9.00. The van der Waals surface area contributed by atoms with Gasteiger partial charge < -0.3 is 25.4 Å². The zero-order valence-electron chi connectivity index (χ0n) is 20.9. The van der Waals surface area contributed by atoms with E-state index >= 15 is 0 Å². The molecule has 0 unspecified atom stereocenters. The summed E-state index contributed by atoms with van der Waals surface area (Å²) >= 11 is 0. The highest BCUT2D eigenvalue weighted by atomic mass is 16.5. The van der Waals surface area contributed by atoms with Crippen LogP contribution in [0.3, 0.4) is 0 Å². The summed E-state index contributed by atoms with van der Waals surface area (Å²) in [5.41, 5.74) is 1.44. The Labute approximate surface area is 212 Å². The van der Waals surface area contributed by atoms with E-state index in [1.165, 1.54) is 0 Å². The van der Waals surface area contributed by atoms with Crippen LogP contribution in [0.4, 0.5) is 0 Å². The van der Waals surface area contributed by atoms with Crippen LogP contribution in [-0.2, 0) is 32.0 Å². The molecule has 4 rings (SSSR count). The Balaban J connectivity index is 1.52. The Morgan fingerprint density at radius 2 is 1.67 bits per heavy atom. The van der Waals surface area contributed by atoms with Crippen molar-refractivity contribution >= 4 is 17.6 Å². The van der Waals surface area contributed by atoms with Crippen LogP contribution in [0.15, 0.2) is 54.6 Å². The minimum atomic E-state index is -0.854. The average Bonchev–Trinajstić information content (AvgIpc) is 3.67. The number of morpholine rings is 1. The van der Waals surface area contributed by atoms with Crippen molar-refractivity contribution in [2.75, 3.05) is 26.9 Å². The van der Waals surface area contributed by atoms with Crippen molar-refractivity contribution in [3.8, 4) is 5.75 Å². The maximum absolute atomic E-state index is 13.6. The number of hydrogen-bond acceptors (Lipinski definition) is 6. The molecular weight excluding hydrogens is 458 g/mol. The van der Waals surface area contributed by atoms with E-state index in [4.69, 9.17) is 9.47 Å². The van der Waals surface area contributed by atoms with Crippen LogP contribution >= 0.6 is 0 Å². The Morgan fingerprint density at radius 3 is 2.28 bits per heavy atom. The van der Waals surface area contributed by atoms with Gasteiger partial charge in [0, 0.05) is 18.4 Å². The summed E-state index contributed by atoms with van der Waals surface area (Å²) in [6.07, 6.45) is 2.33. The lowest BCUT2D eigenvalue weighted by molar-refractivity contribution is -0.134. The minimum Gasteiger partial charge on any atom is -0.497 e. The number of amides is 2. The lowest BCUT2D eigenvalue weighted by Crippen LogP contribution is -2.58. The van der Waals surface area contributed by atoms with E-state index in [0.717, 1.165) is 24.0 Å². The number of ether oxygens (including phenoxy) is 2. The fraction of sp³-hybridized carbons (Fsp3) is 0.464. The standard InChI is InChI=1S/C28H35N3O5/c1-28(12-13-28)25(32)22(16-19-6-4-3-5-7-19)30-26(33)23(17-20-8-10-21(35-2)11-9-20)31-27(34)24-18-36-15-14-29-24/h3-11,22-24,29H,12-18H2,1-2H3,(H,30,33)(H,31,34)/t22-,23-,24-/m0/s1. The molecule has 1 heterocycles. The van der Waals surface area contributed by atoms with Gasteiger partial charge in [0.25, 0.3) is 0 Å². The summed E-state index contributed by atoms with van der Waals surface area (Å²) in [6.45, 7) is 3.31. The fourth-order valence-corrected chi connectivity index (χ4v) is 4.40. The Bertz CT molecular complexity index is 1050. The van der Waals surface area contributed by atoms with Crippen molar-refractivity contribution in [2.24, 2.45) is 5.41 Å². The highest BCUT2D eigenvalue weighted by Gasteiger charge is 2.48. The van der Waals surface area contributed by atoms with Crippen molar-refractivity contribution in [3.63, 3.8) is 0 Å². The quantitative estimate of drug-likeness (QED) is 0.441. The first-order valence-electron chi connectivity index (χ1n) is 12.5. The lowest BCUT2D eigenvalue weighted by Gasteiger charge is -2.28. The molecule has 0 radical (unpaired) electrons. The second-order valence-electron chi connectivity index (χ2n) is 9.87. The fourth-order valence-electron chi connectivity index (χ4n) is 4.40. The molecule has 8 nitrogen and oxygen atoms in total. The number of carbonyl (C=O) groups excluding carboxylic acids is 3. The van der Waals surface area contributed by atoms with E-state index < -0.39 is 23.5 Å². The van der Waals surface area contributed by atoms with E-state index in [0.29, 0.717) is 25.3 Å². The van der Waals surface area contributed by atoms with Crippen molar-refractivity contribution in [1.29, 1.82) is 0 Å². The second kappa shape index (κ2) is 11.7. The van der Waals surface area contributed by atoms with Gasteiger partial charge in [-0.2, -0.15) is 0 Å². The monoisotopic (exact) mass is 493 g/mol. The van der Waals surface area contributed by atoms with Crippen LogP contribution in [0, 0.1) is 5.41 Å². The topological polar surface area (TPSA) is 106 Å². The van der Waals surface area contributed by atoms with Crippen LogP contribution in [0.5, 0.6) is 5.75 Å². The molecule has 2 aromatic rings. The molecule has 2 aliphatic rings. The van der Waals surface area contributed by atoms with E-state index in [1.807, 2.05) is 61.5 Å². The van der Waals surface area contributed by atoms with E-state index in [1.54, 1.807) is 7.11 Å². The first-order valence-corrected chi connectivity index (χ1v) is 12.5. The molecule has 8 heteroatoms. The summed E-state index contributed by atoms with van der Waals surface area (Å²) in [7, 11) is 1.59. The molecule has 0 aromatic heterocycles. The molecule has 3 N–H and O–H groups in total. The normalized spacial score (nSPS) is 20.0. The number of Topliss-reactive ketones (excluding diaryl/α,β-unsaturated/α-hetero) is 1. The van der Waals surface area contributed by atoms with E-state index in [-0.39, 0.29) is 30.6 Å². The first kappa shape index (κ1) is 25.9. The third-order valence-corrected chi connectivity index (χ3v) is 6.98. The van der Waals surface area contributed by atoms with Gasteiger partial charge in [0.15, 0.2) is 5.78 Å². The minimum absolute atomic E-state index is 0.0385. The van der Waals surface area contributed by atoms with Gasteiger partial charge in [-0.3, -0.25) is 14.4 Å². The maximum Gasteiger partial charge on any atom is 0.243 e. The van der Waals surface area contributed by atoms with E-state index in [9.17, 15) is 14.4 Å². The highest BCUT2D eigenvalue weighted by Crippen LogP contribution is 2.46. The Morgan fingerprint density at radius 1 is 1.00 bits per heavy atom. The average molecular weight is 494 g/mol. The highest BCUT2D eigenvalue weighted by molar-refractivity contribution is 5.97. The van der Waals surface area contributed by atoms with Crippen molar-refractivity contribution in [1.82, 2.24) is 16.0 Å². The zero-order valence-corrected chi connectivity index (χ0v) is 20.9. The van der Waals surface area contributed by atoms with Gasteiger partial charge in [0.2, 0.25) is 11.8 Å². The van der Waals surface area contributed by atoms with Gasteiger partial charge in [-0.25, -0.2) is 0 Å². The van der Waals surface area contributed by atoms with Crippen molar-refractivity contribution in [2.45, 2.75) is 50.7 Å². The molecule has 1 saturated heterocycles. The van der Waals surface area contributed by atoms with Gasteiger partial charge in [0.1, 0.15) is 17.8 Å². The van der Waals surface area contributed by atoms with Gasteiger partial charge >= 0.3 is 0 Å². The van der Waals surface area contributed by atoms with Crippen LogP contribution in [0.1, 0.15) is 30.9 Å². The van der Waals surface area contributed by atoms with Crippen LogP contribution in [-0.4, -0.2) is 62.6 Å². The molecule has 2 aromatic carbocycles. The van der Waals surface area contributed by atoms with Gasteiger partial charge in [0.05, 0.1) is 26.4 Å². The molecule has 1 aliphatic heterocycles. The lowest BCUT2D eigenvalue weighted by atomic mass is 9.92. The van der Waals surface area contributed by atoms with Crippen molar-refractivity contribution in [3.05, 3.63) is 65.7 Å². The molecule has 3 atom stereocenters. The molecule has 2 amide bonds. The third-order valence-electron chi connectivity index (χ3n) is 6.98. The molecule has 0 bridgehead atoms. The number of ketones is 1. The number of hydrogen-bond donors (Lipinski definition) is 3. The number of rotatable bonds is 11. The number of nitrogens with one attached hydrogen (secondary N) is 3. The Hall–Kier alpha value is -3.23. The van der Waals surface area contributed by atoms with Gasteiger partial charge in [-0.1, -0.05) is 49.4 Å². The molecule has 1 saturated carbocycles. The largest absolute Gasteiger partial charge is 0.497 e. The van der Waals surface area contributed by atoms with E-state index in [2.05, 4.69) is 16.0 Å². The third kappa shape index (κ3) is 6.71. The first-order chi connectivity index (χ1) is 17.4. The summed E-state index contributed by atoms with van der Waals surface area (Å²) < 4.78 is 10.6. The SMILES string of the molecule is COc1ccc(C[C@H](NC(=O)[C@@H]2COCCN2)C(=O)N[C@@H](Cc2ccccc2)C(=O)C2(C)CC2)cc1. The number of carbonyl (C=O) groups is 3. The molecule has 36 heavy (non-hydrogen) atoms. The molecule has 1 aliphatic carbocycles. The smallest absolute Gasteiger partial charge is 0.243 e. The molecule has 192 valence electrons. The predicted octanol–water partition coefficient (Wildman–Crippen LogP) is 1.81. The molecular formula is C28H35N3O5. The maximum atomic E-state index is 13.6. The second-order valence-corrected chi connectivity index (χ2v) is 9.87. The Kier molecular flexibility index (Phi) is 8.38. The van der Waals surface area contributed by atoms with Gasteiger partial charge in [-0.05, 0) is 42.5 Å². The summed E-state index contributed by atoms with van der Waals surface area (Å²) in [6, 6.07) is 15.0. The number of benzene rings is 2. The zero-order chi connectivity index (χ0) is 25.5. The number of methoxy groups -OCH3 is 1. The van der Waals surface area contributed by atoms with Crippen LogP contribution in [0.25, 0.3) is 0 Å².